The minimum atomic E-state index is 1.18. The van der Waals surface area contributed by atoms with Gasteiger partial charge in [-0.25, -0.2) is 0 Å². The molecular formula is C18H10NS. The Morgan fingerprint density at radius 2 is 1.80 bits per heavy atom. The van der Waals surface area contributed by atoms with Crippen molar-refractivity contribution >= 4 is 53.3 Å². The minimum Gasteiger partial charge on any atom is -0.354 e. The molecule has 5 aromatic rings. The molecule has 0 saturated carbocycles. The summed E-state index contributed by atoms with van der Waals surface area (Å²) in [6.45, 7) is 0. The van der Waals surface area contributed by atoms with E-state index in [2.05, 4.69) is 59.6 Å². The fourth-order valence-electron chi connectivity index (χ4n) is 3.07. The average Bonchev–Trinajstić information content (AvgIpc) is 3.04. The highest BCUT2D eigenvalue weighted by atomic mass is 32.1. The monoisotopic (exact) mass is 272 g/mol. The van der Waals surface area contributed by atoms with Crippen LogP contribution in [0.5, 0.6) is 0 Å². The fraction of sp³-hybridized carbons (Fsp3) is 0. The molecule has 0 unspecified atom stereocenters. The van der Waals surface area contributed by atoms with Gasteiger partial charge < -0.3 is 4.98 Å². The largest absolute Gasteiger partial charge is 0.354 e. The van der Waals surface area contributed by atoms with Crippen molar-refractivity contribution in [3.63, 3.8) is 0 Å². The second kappa shape index (κ2) is 3.62. The lowest BCUT2D eigenvalue weighted by Gasteiger charge is -1.95. The van der Waals surface area contributed by atoms with E-state index in [-0.39, 0.29) is 0 Å². The van der Waals surface area contributed by atoms with Crippen LogP contribution in [0.4, 0.5) is 0 Å². The Labute approximate surface area is 119 Å². The first kappa shape index (κ1) is 10.5. The summed E-state index contributed by atoms with van der Waals surface area (Å²) in [7, 11) is 0. The molecule has 2 heteroatoms. The molecule has 1 nitrogen and oxygen atoms in total. The van der Waals surface area contributed by atoms with Gasteiger partial charge in [0.25, 0.3) is 0 Å². The first-order valence-electron chi connectivity index (χ1n) is 6.63. The van der Waals surface area contributed by atoms with E-state index in [9.17, 15) is 0 Å². The Morgan fingerprint density at radius 1 is 0.850 bits per heavy atom. The van der Waals surface area contributed by atoms with Crippen molar-refractivity contribution in [3.8, 4) is 0 Å². The highest BCUT2D eigenvalue weighted by Gasteiger charge is 2.11. The van der Waals surface area contributed by atoms with Gasteiger partial charge in [0.1, 0.15) is 0 Å². The standard InChI is InChI=1S/C18H10NS/c1-3-7-14-11(5-1)12-9-10-16-17(18(12)19-14)13-6-2-4-8-15(13)20-16/h2-10,19H. The number of H-pyrrole nitrogens is 1. The minimum absolute atomic E-state index is 1.18. The summed E-state index contributed by atoms with van der Waals surface area (Å²) < 4.78 is 2.69. The van der Waals surface area contributed by atoms with E-state index in [1.54, 1.807) is 0 Å². The summed E-state index contributed by atoms with van der Waals surface area (Å²) in [5.74, 6) is 0. The van der Waals surface area contributed by atoms with Crippen LogP contribution < -0.4 is 0 Å². The van der Waals surface area contributed by atoms with Crippen molar-refractivity contribution in [2.75, 3.05) is 0 Å². The van der Waals surface area contributed by atoms with E-state index in [0.29, 0.717) is 0 Å². The number of benzene rings is 3. The molecule has 0 fully saturated rings. The van der Waals surface area contributed by atoms with E-state index in [1.165, 1.54) is 42.0 Å². The maximum atomic E-state index is 3.59. The van der Waals surface area contributed by atoms with Crippen molar-refractivity contribution in [3.05, 3.63) is 60.7 Å². The Morgan fingerprint density at radius 3 is 2.80 bits per heavy atom. The average molecular weight is 272 g/mol. The van der Waals surface area contributed by atoms with Crippen LogP contribution in [0.3, 0.4) is 0 Å². The zero-order valence-corrected chi connectivity index (χ0v) is 11.4. The van der Waals surface area contributed by atoms with Gasteiger partial charge in [-0.1, -0.05) is 30.3 Å². The molecule has 2 aromatic heterocycles. The topological polar surface area (TPSA) is 15.8 Å². The molecule has 3 aromatic carbocycles. The van der Waals surface area contributed by atoms with Crippen molar-refractivity contribution in [2.45, 2.75) is 0 Å². The zero-order chi connectivity index (χ0) is 13.1. The van der Waals surface area contributed by atoms with Crippen LogP contribution >= 0.6 is 11.3 Å². The summed E-state index contributed by atoms with van der Waals surface area (Å²) in [5.41, 5.74) is 2.43. The number of nitrogens with one attached hydrogen (secondary N) is 1. The van der Waals surface area contributed by atoms with Crippen LogP contribution in [0.25, 0.3) is 42.0 Å². The van der Waals surface area contributed by atoms with Gasteiger partial charge in [0.2, 0.25) is 0 Å². The van der Waals surface area contributed by atoms with Crippen molar-refractivity contribution in [1.29, 1.82) is 0 Å². The van der Waals surface area contributed by atoms with Crippen LogP contribution in [0.2, 0.25) is 0 Å². The normalized spacial score (nSPS) is 12.0. The van der Waals surface area contributed by atoms with Gasteiger partial charge in [0.05, 0.1) is 5.52 Å². The molecule has 0 aliphatic carbocycles. The molecule has 1 N–H and O–H groups in total. The molecule has 20 heavy (non-hydrogen) atoms. The number of fused-ring (bicyclic) bond motifs is 7. The smallest absolute Gasteiger partial charge is 0.0559 e. The molecular weight excluding hydrogens is 262 g/mol. The predicted octanol–water partition coefficient (Wildman–Crippen LogP) is 5.49. The molecule has 0 bridgehead atoms. The molecule has 0 aliphatic heterocycles. The van der Waals surface area contributed by atoms with Crippen molar-refractivity contribution in [1.82, 2.24) is 4.98 Å². The summed E-state index contributed by atoms with van der Waals surface area (Å²) in [6, 6.07) is 22.4. The number of rotatable bonds is 0. The molecule has 93 valence electrons. The third-order valence-electron chi connectivity index (χ3n) is 3.96. The SMILES string of the molecule is [c]1ccc2[nH]c3c(ccc4sc5ccccc5c43)c2c1. The van der Waals surface area contributed by atoms with Crippen LogP contribution in [-0.2, 0) is 0 Å². The van der Waals surface area contributed by atoms with Gasteiger partial charge in [0.15, 0.2) is 0 Å². The molecule has 5 rings (SSSR count). The van der Waals surface area contributed by atoms with Gasteiger partial charge in [-0.05, 0) is 30.3 Å². The Hall–Kier alpha value is -2.32. The van der Waals surface area contributed by atoms with Gasteiger partial charge >= 0.3 is 0 Å². The molecule has 1 radical (unpaired) electrons. The van der Waals surface area contributed by atoms with Crippen LogP contribution in [0.1, 0.15) is 0 Å². The van der Waals surface area contributed by atoms with Crippen LogP contribution in [0.15, 0.2) is 54.6 Å². The summed E-state index contributed by atoms with van der Waals surface area (Å²) in [6.07, 6.45) is 0. The highest BCUT2D eigenvalue weighted by molar-refractivity contribution is 7.26. The number of aromatic nitrogens is 1. The number of aromatic amines is 1. The molecule has 0 spiro atoms. The Kier molecular flexibility index (Phi) is 1.89. The fourth-order valence-corrected chi connectivity index (χ4v) is 4.18. The summed E-state index contributed by atoms with van der Waals surface area (Å²) >= 11 is 1.86. The number of thiophene rings is 1. The molecule has 2 heterocycles. The zero-order valence-electron chi connectivity index (χ0n) is 10.6. The Bertz CT molecular complexity index is 1100. The first-order chi connectivity index (χ1) is 9.92. The van der Waals surface area contributed by atoms with Crippen molar-refractivity contribution in [2.24, 2.45) is 0 Å². The second-order valence-electron chi connectivity index (χ2n) is 5.06. The number of hydrogen-bond acceptors (Lipinski definition) is 1. The molecule has 0 saturated heterocycles. The predicted molar refractivity (Wildman–Crippen MR) is 87.5 cm³/mol. The van der Waals surface area contributed by atoms with E-state index in [1.807, 2.05) is 17.4 Å². The van der Waals surface area contributed by atoms with Gasteiger partial charge in [0, 0.05) is 36.5 Å². The number of hydrogen-bond donors (Lipinski definition) is 1. The van der Waals surface area contributed by atoms with E-state index in [4.69, 9.17) is 0 Å². The molecule has 0 amide bonds. The highest BCUT2D eigenvalue weighted by Crippen LogP contribution is 2.39. The lowest BCUT2D eigenvalue weighted by Crippen LogP contribution is -1.70. The van der Waals surface area contributed by atoms with E-state index < -0.39 is 0 Å². The third kappa shape index (κ3) is 1.22. The van der Waals surface area contributed by atoms with Crippen LogP contribution in [-0.4, -0.2) is 4.98 Å². The molecule has 0 aliphatic rings. The lowest BCUT2D eigenvalue weighted by atomic mass is 10.1. The van der Waals surface area contributed by atoms with Crippen molar-refractivity contribution < 1.29 is 0 Å². The van der Waals surface area contributed by atoms with E-state index in [0.717, 1.165) is 0 Å². The molecule has 0 atom stereocenters. The maximum absolute atomic E-state index is 3.59. The van der Waals surface area contributed by atoms with Gasteiger partial charge in [-0.15, -0.1) is 11.3 Å². The summed E-state index contributed by atoms with van der Waals surface area (Å²) in [5, 5.41) is 5.22. The first-order valence-corrected chi connectivity index (χ1v) is 7.45. The van der Waals surface area contributed by atoms with Crippen LogP contribution in [0, 0.1) is 6.07 Å². The summed E-state index contributed by atoms with van der Waals surface area (Å²) in [4.78, 5) is 3.59. The lowest BCUT2D eigenvalue weighted by molar-refractivity contribution is 1.57. The van der Waals surface area contributed by atoms with E-state index >= 15 is 0 Å². The second-order valence-corrected chi connectivity index (χ2v) is 6.14. The quantitative estimate of drug-likeness (QED) is 0.383. The third-order valence-corrected chi connectivity index (χ3v) is 5.09. The van der Waals surface area contributed by atoms with Gasteiger partial charge in [-0.3, -0.25) is 0 Å². The maximum Gasteiger partial charge on any atom is 0.0559 e. The van der Waals surface area contributed by atoms with Gasteiger partial charge in [-0.2, -0.15) is 0 Å². The Balaban J connectivity index is 2.14.